The second-order valence-electron chi connectivity index (χ2n) is 5.28. The number of carbonyl (C=O) groups excluding carboxylic acids is 2. The first-order chi connectivity index (χ1) is 11.5. The zero-order valence-electron chi connectivity index (χ0n) is 12.7. The smallest absolute Gasteiger partial charge is 0.293 e. The van der Waals surface area contributed by atoms with Gasteiger partial charge in [0.2, 0.25) is 0 Å². The highest BCUT2D eigenvalue weighted by atomic mass is 35.5. The third kappa shape index (κ3) is 2.86. The number of aliphatic hydroxyl groups is 1. The van der Waals surface area contributed by atoms with E-state index in [1.165, 1.54) is 0 Å². The molecule has 1 unspecified atom stereocenters. The minimum atomic E-state index is -0.747. The summed E-state index contributed by atoms with van der Waals surface area (Å²) in [5.74, 6) is -1.08. The van der Waals surface area contributed by atoms with Crippen LogP contribution in [-0.2, 0) is 9.59 Å². The lowest BCUT2D eigenvalue weighted by Crippen LogP contribution is -2.21. The van der Waals surface area contributed by atoms with Gasteiger partial charge >= 0.3 is 0 Å². The Morgan fingerprint density at radius 2 is 1.71 bits per heavy atom. The largest absolute Gasteiger partial charge is 0.507 e. The van der Waals surface area contributed by atoms with Gasteiger partial charge in [-0.05, 0) is 42.0 Å². The predicted octanol–water partition coefficient (Wildman–Crippen LogP) is 3.06. The zero-order chi connectivity index (χ0) is 17.3. The van der Waals surface area contributed by atoms with Crippen LogP contribution in [0, 0.1) is 0 Å². The highest BCUT2D eigenvalue weighted by Crippen LogP contribution is 2.33. The van der Waals surface area contributed by atoms with E-state index < -0.39 is 17.7 Å². The second kappa shape index (κ2) is 6.37. The van der Waals surface area contributed by atoms with Gasteiger partial charge in [-0.25, -0.2) is 0 Å². The molecule has 1 aliphatic heterocycles. The lowest BCUT2D eigenvalue weighted by molar-refractivity contribution is -0.133. The normalized spacial score (nSPS) is 19.2. The Morgan fingerprint density at radius 3 is 2.29 bits per heavy atom. The molecule has 0 spiro atoms. The fourth-order valence-electron chi connectivity index (χ4n) is 2.58. The molecule has 6 heteroatoms. The summed E-state index contributed by atoms with van der Waals surface area (Å²) in [6.07, 6.45) is 0. The van der Waals surface area contributed by atoms with Crippen molar-refractivity contribution in [2.24, 2.45) is 0 Å². The molecule has 122 valence electrons. The Hall–Kier alpha value is -2.79. The van der Waals surface area contributed by atoms with Gasteiger partial charge in [-0.1, -0.05) is 23.7 Å². The van der Waals surface area contributed by atoms with Crippen LogP contribution >= 0.6 is 11.6 Å². The van der Waals surface area contributed by atoms with Gasteiger partial charge in [0.25, 0.3) is 11.7 Å². The molecule has 1 atom stereocenters. The zero-order valence-corrected chi connectivity index (χ0v) is 13.5. The first-order valence-electron chi connectivity index (χ1n) is 7.19. The van der Waals surface area contributed by atoms with Crippen LogP contribution in [-0.4, -0.2) is 23.9 Å². The average Bonchev–Trinajstić information content (AvgIpc) is 2.90. The Bertz CT molecular complexity index is 825. The van der Waals surface area contributed by atoms with Gasteiger partial charge in [-0.3, -0.25) is 9.59 Å². The molecular formula is C18H14ClNO4. The van der Waals surface area contributed by atoms with E-state index in [4.69, 9.17) is 16.3 Å². The fraction of sp³-hybridized carbons (Fsp3) is 0.111. The lowest BCUT2D eigenvalue weighted by atomic mass is 9.96. The fourth-order valence-corrected chi connectivity index (χ4v) is 2.70. The maximum absolute atomic E-state index is 12.2. The number of benzene rings is 2. The van der Waals surface area contributed by atoms with Gasteiger partial charge in [0.05, 0.1) is 18.7 Å². The van der Waals surface area contributed by atoms with Crippen LogP contribution in [0.15, 0.2) is 54.1 Å². The highest BCUT2D eigenvalue weighted by Gasteiger charge is 2.39. The second-order valence-corrected chi connectivity index (χ2v) is 5.71. The maximum atomic E-state index is 12.2. The number of ketones is 1. The summed E-state index contributed by atoms with van der Waals surface area (Å²) < 4.78 is 5.10. The number of aliphatic hydroxyl groups excluding tert-OH is 1. The number of carbonyl (C=O) groups is 2. The Balaban J connectivity index is 2.07. The Morgan fingerprint density at radius 1 is 1.08 bits per heavy atom. The molecule has 1 saturated heterocycles. The molecule has 0 bridgehead atoms. The van der Waals surface area contributed by atoms with Crippen molar-refractivity contribution in [3.63, 3.8) is 0 Å². The molecule has 1 heterocycles. The van der Waals surface area contributed by atoms with Gasteiger partial charge in [0, 0.05) is 10.6 Å². The van der Waals surface area contributed by atoms with E-state index in [9.17, 15) is 14.7 Å². The van der Waals surface area contributed by atoms with Crippen molar-refractivity contribution in [2.45, 2.75) is 6.04 Å². The first-order valence-corrected chi connectivity index (χ1v) is 7.57. The molecule has 2 N–H and O–H groups in total. The molecule has 1 aliphatic rings. The van der Waals surface area contributed by atoms with Crippen molar-refractivity contribution in [3.8, 4) is 5.75 Å². The Kier molecular flexibility index (Phi) is 4.27. The molecule has 0 saturated carbocycles. The van der Waals surface area contributed by atoms with Crippen molar-refractivity contribution in [1.29, 1.82) is 0 Å². The van der Waals surface area contributed by atoms with Crippen LogP contribution in [0.5, 0.6) is 5.75 Å². The molecular weight excluding hydrogens is 330 g/mol. The first kappa shape index (κ1) is 16.1. The van der Waals surface area contributed by atoms with Crippen LogP contribution in [0.4, 0.5) is 0 Å². The van der Waals surface area contributed by atoms with Crippen molar-refractivity contribution in [1.82, 2.24) is 5.32 Å². The number of Topliss-reactive ketones (excluding diaryl/α,β-unsaturated/α-hetero) is 1. The molecule has 2 aromatic rings. The third-order valence-corrected chi connectivity index (χ3v) is 4.09. The van der Waals surface area contributed by atoms with Gasteiger partial charge in [-0.15, -0.1) is 0 Å². The summed E-state index contributed by atoms with van der Waals surface area (Å²) in [6.45, 7) is 0. The maximum Gasteiger partial charge on any atom is 0.293 e. The number of rotatable bonds is 3. The molecule has 3 rings (SSSR count). The van der Waals surface area contributed by atoms with Crippen LogP contribution in [0.2, 0.25) is 5.02 Å². The standard InChI is InChI=1S/C18H14ClNO4/c1-24-13-8-4-10(5-9-13)15-14(17(22)18(23)20-15)16(21)11-2-6-12(19)7-3-11/h2-9,15,21H,1H3,(H,20,23)/b16-14-. The number of nitrogens with one attached hydrogen (secondary N) is 1. The summed E-state index contributed by atoms with van der Waals surface area (Å²) in [6, 6.07) is 12.6. The molecule has 2 aromatic carbocycles. The number of ether oxygens (including phenoxy) is 1. The van der Waals surface area contributed by atoms with E-state index in [1.54, 1.807) is 55.6 Å². The number of hydrogen-bond acceptors (Lipinski definition) is 4. The molecule has 24 heavy (non-hydrogen) atoms. The van der Waals surface area contributed by atoms with Crippen LogP contribution < -0.4 is 10.1 Å². The molecule has 0 radical (unpaired) electrons. The number of methoxy groups -OCH3 is 1. The number of hydrogen-bond donors (Lipinski definition) is 2. The van der Waals surface area contributed by atoms with Crippen LogP contribution in [0.3, 0.4) is 0 Å². The quantitative estimate of drug-likeness (QED) is 0.510. The minimum Gasteiger partial charge on any atom is -0.507 e. The van der Waals surface area contributed by atoms with E-state index in [1.807, 2.05) is 0 Å². The van der Waals surface area contributed by atoms with Crippen molar-refractivity contribution in [3.05, 3.63) is 70.3 Å². The molecule has 0 aliphatic carbocycles. The SMILES string of the molecule is COc1ccc(C2NC(=O)C(=O)/C2=C(\O)c2ccc(Cl)cc2)cc1. The minimum absolute atomic E-state index is 0.0208. The molecule has 0 aromatic heterocycles. The summed E-state index contributed by atoms with van der Waals surface area (Å²) in [4.78, 5) is 24.0. The van der Waals surface area contributed by atoms with E-state index in [0.29, 0.717) is 21.9 Å². The van der Waals surface area contributed by atoms with Crippen LogP contribution in [0.1, 0.15) is 17.2 Å². The predicted molar refractivity (Wildman–Crippen MR) is 89.9 cm³/mol. The average molecular weight is 344 g/mol. The summed E-state index contributed by atoms with van der Waals surface area (Å²) in [5.41, 5.74) is 1.11. The summed E-state index contributed by atoms with van der Waals surface area (Å²) in [7, 11) is 1.55. The van der Waals surface area contributed by atoms with E-state index >= 15 is 0 Å². The third-order valence-electron chi connectivity index (χ3n) is 3.84. The molecule has 1 fully saturated rings. The van der Waals surface area contributed by atoms with Crippen molar-refractivity contribution < 1.29 is 19.4 Å². The summed E-state index contributed by atoms with van der Waals surface area (Å²) >= 11 is 5.84. The van der Waals surface area contributed by atoms with E-state index in [2.05, 4.69) is 5.32 Å². The summed E-state index contributed by atoms with van der Waals surface area (Å²) in [5, 5.41) is 13.6. The number of amides is 1. The highest BCUT2D eigenvalue weighted by molar-refractivity contribution is 6.46. The molecule has 5 nitrogen and oxygen atoms in total. The monoisotopic (exact) mass is 343 g/mol. The van der Waals surface area contributed by atoms with Crippen molar-refractivity contribution >= 4 is 29.1 Å². The van der Waals surface area contributed by atoms with E-state index in [0.717, 1.165) is 0 Å². The van der Waals surface area contributed by atoms with Gasteiger partial charge in [-0.2, -0.15) is 0 Å². The van der Waals surface area contributed by atoms with Gasteiger partial charge < -0.3 is 15.2 Å². The molecule has 1 amide bonds. The van der Waals surface area contributed by atoms with Crippen LogP contribution in [0.25, 0.3) is 5.76 Å². The number of halogens is 1. The van der Waals surface area contributed by atoms with E-state index in [-0.39, 0.29) is 11.3 Å². The topological polar surface area (TPSA) is 75.6 Å². The lowest BCUT2D eigenvalue weighted by Gasteiger charge is -2.14. The Labute approximate surface area is 143 Å². The van der Waals surface area contributed by atoms with Gasteiger partial charge in [0.15, 0.2) is 0 Å². The van der Waals surface area contributed by atoms with Gasteiger partial charge in [0.1, 0.15) is 11.5 Å². The van der Waals surface area contributed by atoms with Crippen molar-refractivity contribution in [2.75, 3.05) is 7.11 Å².